The second-order valence-electron chi connectivity index (χ2n) is 3.57. The molecule has 0 spiro atoms. The van der Waals surface area contributed by atoms with Crippen LogP contribution in [0.2, 0.25) is 0 Å². The van der Waals surface area contributed by atoms with Gasteiger partial charge in [0.25, 0.3) is 0 Å². The molecular weight excluding hydrogens is 190 g/mol. The third-order valence-electron chi connectivity index (χ3n) is 1.56. The minimum absolute atomic E-state index is 0.338. The normalized spacial score (nSPS) is 10.1. The Morgan fingerprint density at radius 1 is 1.47 bits per heavy atom. The van der Waals surface area contributed by atoms with Crippen molar-refractivity contribution in [2.45, 2.75) is 26.4 Å². The van der Waals surface area contributed by atoms with Crippen molar-refractivity contribution in [3.8, 4) is 11.8 Å². The average molecular weight is 203 g/mol. The van der Waals surface area contributed by atoms with Crippen molar-refractivity contribution in [1.82, 2.24) is 4.98 Å². The van der Waals surface area contributed by atoms with E-state index in [0.717, 1.165) is 0 Å². The van der Waals surface area contributed by atoms with Crippen molar-refractivity contribution in [2.24, 2.45) is 0 Å². The molecule has 3 heteroatoms. The molecule has 1 aromatic rings. The Bertz CT molecular complexity index is 399. The van der Waals surface area contributed by atoms with E-state index < -0.39 is 5.60 Å². The van der Waals surface area contributed by atoms with Gasteiger partial charge in [0.05, 0.1) is 0 Å². The van der Waals surface area contributed by atoms with Crippen LogP contribution < -0.4 is 0 Å². The van der Waals surface area contributed by atoms with Gasteiger partial charge in [0, 0.05) is 13.1 Å². The first kappa shape index (κ1) is 11.3. The molecule has 15 heavy (non-hydrogen) atoms. The predicted molar refractivity (Wildman–Crippen MR) is 57.0 cm³/mol. The van der Waals surface area contributed by atoms with Gasteiger partial charge < -0.3 is 4.74 Å². The fourth-order valence-corrected chi connectivity index (χ4v) is 1.04. The quantitative estimate of drug-likeness (QED) is 0.516. The number of aromatic nitrogens is 1. The molecule has 78 valence electrons. The van der Waals surface area contributed by atoms with Crippen LogP contribution in [0.5, 0.6) is 0 Å². The van der Waals surface area contributed by atoms with Crippen LogP contribution in [0.3, 0.4) is 0 Å². The third-order valence-corrected chi connectivity index (χ3v) is 1.56. The lowest BCUT2D eigenvalue weighted by Crippen LogP contribution is -2.24. The van der Waals surface area contributed by atoms with Gasteiger partial charge in [0.2, 0.25) is 0 Å². The summed E-state index contributed by atoms with van der Waals surface area (Å²) in [5, 5.41) is 0. The van der Waals surface area contributed by atoms with Crippen molar-refractivity contribution < 1.29 is 9.53 Å². The van der Waals surface area contributed by atoms with Crippen LogP contribution in [0.1, 0.15) is 26.5 Å². The molecule has 0 N–H and O–H groups in total. The average Bonchev–Trinajstić information content (AvgIpc) is 2.15. The van der Waals surface area contributed by atoms with Gasteiger partial charge in [-0.05, 0) is 37.8 Å². The fourth-order valence-electron chi connectivity index (χ4n) is 1.04. The highest BCUT2D eigenvalue weighted by atomic mass is 16.6. The van der Waals surface area contributed by atoms with Crippen LogP contribution in [0.25, 0.3) is 0 Å². The van der Waals surface area contributed by atoms with E-state index in [0.29, 0.717) is 5.69 Å². The summed E-state index contributed by atoms with van der Waals surface area (Å²) < 4.78 is 5.02. The zero-order valence-electron chi connectivity index (χ0n) is 9.07. The summed E-state index contributed by atoms with van der Waals surface area (Å²) in [6, 6.07) is 5.48. The molecule has 0 aliphatic heterocycles. The highest BCUT2D eigenvalue weighted by Gasteiger charge is 2.17. The smallest absolute Gasteiger partial charge is 0.304 e. The molecule has 0 radical (unpaired) electrons. The maximum absolute atomic E-state index is 10.8. The number of ether oxygens (including phenoxy) is 1. The lowest BCUT2D eigenvalue weighted by atomic mass is 10.1. The Labute approximate surface area is 89.5 Å². The standard InChI is InChI=1S/C12H13NO2/c1-10(14)15-12(2,3)8-7-11-6-4-5-9-13-11/h4-6,9H,1-3H3. The summed E-state index contributed by atoms with van der Waals surface area (Å²) in [6.45, 7) is 4.85. The summed E-state index contributed by atoms with van der Waals surface area (Å²) in [4.78, 5) is 14.8. The first-order valence-corrected chi connectivity index (χ1v) is 4.63. The number of esters is 1. The summed E-state index contributed by atoms with van der Waals surface area (Å²) in [6.07, 6.45) is 1.67. The van der Waals surface area contributed by atoms with Gasteiger partial charge in [0.1, 0.15) is 5.69 Å². The molecular formula is C12H13NO2. The maximum Gasteiger partial charge on any atom is 0.304 e. The number of carbonyl (C=O) groups excluding carboxylic acids is 1. The second-order valence-corrected chi connectivity index (χ2v) is 3.57. The van der Waals surface area contributed by atoms with Crippen molar-refractivity contribution in [3.05, 3.63) is 30.1 Å². The summed E-state index contributed by atoms with van der Waals surface area (Å²) in [5.74, 6) is 5.37. The monoisotopic (exact) mass is 203 g/mol. The maximum atomic E-state index is 10.8. The topological polar surface area (TPSA) is 39.2 Å². The van der Waals surface area contributed by atoms with Gasteiger partial charge in [-0.3, -0.25) is 4.79 Å². The van der Waals surface area contributed by atoms with Gasteiger partial charge in [-0.2, -0.15) is 0 Å². The number of pyridine rings is 1. The number of carbonyl (C=O) groups is 1. The highest BCUT2D eigenvalue weighted by molar-refractivity contribution is 5.67. The number of hydrogen-bond acceptors (Lipinski definition) is 3. The van der Waals surface area contributed by atoms with E-state index in [-0.39, 0.29) is 5.97 Å². The largest absolute Gasteiger partial charge is 0.447 e. The van der Waals surface area contributed by atoms with Crippen molar-refractivity contribution >= 4 is 5.97 Å². The zero-order chi connectivity index (χ0) is 11.3. The van der Waals surface area contributed by atoms with E-state index in [2.05, 4.69) is 16.8 Å². The summed E-state index contributed by atoms with van der Waals surface area (Å²) in [5.41, 5.74) is -0.110. The van der Waals surface area contributed by atoms with Gasteiger partial charge in [-0.1, -0.05) is 6.07 Å². The van der Waals surface area contributed by atoms with E-state index in [1.165, 1.54) is 6.92 Å². The van der Waals surface area contributed by atoms with Crippen LogP contribution in [0, 0.1) is 11.8 Å². The SMILES string of the molecule is CC(=O)OC(C)(C)C#Cc1ccccn1. The van der Waals surface area contributed by atoms with E-state index in [4.69, 9.17) is 4.74 Å². The Balaban J connectivity index is 2.77. The van der Waals surface area contributed by atoms with Crippen LogP contribution >= 0.6 is 0 Å². The molecule has 1 heterocycles. The Morgan fingerprint density at radius 3 is 2.73 bits per heavy atom. The first-order valence-electron chi connectivity index (χ1n) is 4.63. The van der Waals surface area contributed by atoms with Gasteiger partial charge in [-0.15, -0.1) is 0 Å². The van der Waals surface area contributed by atoms with Crippen LogP contribution in [-0.4, -0.2) is 16.6 Å². The summed E-state index contributed by atoms with van der Waals surface area (Å²) >= 11 is 0. The third kappa shape index (κ3) is 4.28. The lowest BCUT2D eigenvalue weighted by molar-refractivity contribution is -0.148. The van der Waals surface area contributed by atoms with Crippen molar-refractivity contribution in [1.29, 1.82) is 0 Å². The molecule has 0 aromatic carbocycles. The van der Waals surface area contributed by atoms with E-state index in [1.807, 2.05) is 12.1 Å². The molecule has 0 unspecified atom stereocenters. The minimum Gasteiger partial charge on any atom is -0.447 e. The van der Waals surface area contributed by atoms with Crippen LogP contribution in [0.4, 0.5) is 0 Å². The Hall–Kier alpha value is -1.82. The number of rotatable bonds is 1. The summed E-state index contributed by atoms with van der Waals surface area (Å²) in [7, 11) is 0. The molecule has 0 amide bonds. The molecule has 0 fully saturated rings. The van der Waals surface area contributed by atoms with Crippen molar-refractivity contribution in [3.63, 3.8) is 0 Å². The second kappa shape index (κ2) is 4.61. The van der Waals surface area contributed by atoms with E-state index in [9.17, 15) is 4.79 Å². The Kier molecular flexibility index (Phi) is 3.46. The molecule has 0 aliphatic carbocycles. The zero-order valence-corrected chi connectivity index (χ0v) is 9.07. The van der Waals surface area contributed by atoms with E-state index >= 15 is 0 Å². The van der Waals surface area contributed by atoms with Crippen molar-refractivity contribution in [2.75, 3.05) is 0 Å². The first-order chi connectivity index (χ1) is 6.99. The van der Waals surface area contributed by atoms with E-state index in [1.54, 1.807) is 26.1 Å². The predicted octanol–water partition coefficient (Wildman–Crippen LogP) is 1.77. The van der Waals surface area contributed by atoms with Crippen LogP contribution in [-0.2, 0) is 9.53 Å². The molecule has 0 atom stereocenters. The van der Waals surface area contributed by atoms with Gasteiger partial charge >= 0.3 is 5.97 Å². The highest BCUT2D eigenvalue weighted by Crippen LogP contribution is 2.07. The molecule has 0 aliphatic rings. The molecule has 0 saturated heterocycles. The lowest BCUT2D eigenvalue weighted by Gasteiger charge is -2.16. The number of hydrogen-bond donors (Lipinski definition) is 0. The molecule has 3 nitrogen and oxygen atoms in total. The molecule has 0 bridgehead atoms. The van der Waals surface area contributed by atoms with Gasteiger partial charge in [0.15, 0.2) is 5.60 Å². The number of nitrogens with zero attached hydrogens (tertiary/aromatic N) is 1. The Morgan fingerprint density at radius 2 is 2.20 bits per heavy atom. The van der Waals surface area contributed by atoms with Gasteiger partial charge in [-0.25, -0.2) is 4.98 Å². The molecule has 1 aromatic heterocycles. The minimum atomic E-state index is -0.774. The fraction of sp³-hybridized carbons (Fsp3) is 0.333. The molecule has 1 rings (SSSR count). The van der Waals surface area contributed by atoms with Crippen LogP contribution in [0.15, 0.2) is 24.4 Å². The molecule has 0 saturated carbocycles.